The van der Waals surface area contributed by atoms with Crippen molar-refractivity contribution in [1.82, 2.24) is 0 Å². The Bertz CT molecular complexity index is 709. The second-order valence-electron chi connectivity index (χ2n) is 8.34. The van der Waals surface area contributed by atoms with Gasteiger partial charge in [-0.05, 0) is 39.2 Å². The Morgan fingerprint density at radius 2 is 1.08 bits per heavy atom. The molecular formula is C21H25F3. The highest BCUT2D eigenvalue weighted by Gasteiger charge is 2.36. The average Bonchev–Trinajstić information content (AvgIpc) is 2.44. The van der Waals surface area contributed by atoms with Crippen LogP contribution in [0.5, 0.6) is 0 Å². The summed E-state index contributed by atoms with van der Waals surface area (Å²) >= 11 is 0. The van der Waals surface area contributed by atoms with Crippen LogP contribution in [-0.2, 0) is 17.0 Å². The van der Waals surface area contributed by atoms with Gasteiger partial charge in [0.05, 0.1) is 5.56 Å². The van der Waals surface area contributed by atoms with Crippen LogP contribution in [-0.4, -0.2) is 0 Å². The Kier molecular flexibility index (Phi) is 4.60. The minimum absolute atomic E-state index is 0.0196. The van der Waals surface area contributed by atoms with Crippen LogP contribution < -0.4 is 0 Å². The fourth-order valence-electron chi connectivity index (χ4n) is 2.78. The van der Waals surface area contributed by atoms with Crippen molar-refractivity contribution in [3.63, 3.8) is 0 Å². The van der Waals surface area contributed by atoms with Gasteiger partial charge in [-0.1, -0.05) is 77.9 Å². The molecule has 0 heterocycles. The van der Waals surface area contributed by atoms with Crippen molar-refractivity contribution in [1.29, 1.82) is 0 Å². The lowest BCUT2D eigenvalue weighted by molar-refractivity contribution is -0.138. The molecule has 0 saturated carbocycles. The normalized spacial score (nSPS) is 13.2. The molecule has 0 saturated heterocycles. The summed E-state index contributed by atoms with van der Waals surface area (Å²) in [4.78, 5) is 0. The summed E-state index contributed by atoms with van der Waals surface area (Å²) in [5.74, 6) is 0. The Morgan fingerprint density at radius 1 is 0.583 bits per heavy atom. The van der Waals surface area contributed by atoms with Crippen molar-refractivity contribution in [3.8, 4) is 11.1 Å². The first kappa shape index (κ1) is 18.6. The summed E-state index contributed by atoms with van der Waals surface area (Å²) in [6, 6.07) is 12.4. The van der Waals surface area contributed by atoms with Crippen LogP contribution in [0.1, 0.15) is 58.2 Å². The molecular weight excluding hydrogens is 309 g/mol. The molecule has 0 amide bonds. The van der Waals surface area contributed by atoms with E-state index in [0.717, 1.165) is 11.1 Å². The molecule has 0 bridgehead atoms. The van der Waals surface area contributed by atoms with Gasteiger partial charge < -0.3 is 0 Å². The Morgan fingerprint density at radius 3 is 1.50 bits per heavy atom. The molecule has 0 aliphatic carbocycles. The maximum Gasteiger partial charge on any atom is 0.416 e. The van der Waals surface area contributed by atoms with E-state index in [4.69, 9.17) is 0 Å². The first-order chi connectivity index (χ1) is 10.8. The molecule has 0 N–H and O–H groups in total. The molecule has 0 aliphatic rings. The van der Waals surface area contributed by atoms with Crippen molar-refractivity contribution >= 4 is 0 Å². The van der Waals surface area contributed by atoms with Gasteiger partial charge in [0, 0.05) is 0 Å². The molecule has 0 spiro atoms. The number of hydrogen-bond acceptors (Lipinski definition) is 0. The highest BCUT2D eigenvalue weighted by atomic mass is 19.4. The maximum atomic E-state index is 13.5. The molecule has 0 radical (unpaired) electrons. The largest absolute Gasteiger partial charge is 0.416 e. The van der Waals surface area contributed by atoms with Crippen LogP contribution in [0.4, 0.5) is 13.2 Å². The van der Waals surface area contributed by atoms with Crippen molar-refractivity contribution in [2.75, 3.05) is 0 Å². The number of hydrogen-bond donors (Lipinski definition) is 0. The van der Waals surface area contributed by atoms with Gasteiger partial charge in [0.1, 0.15) is 0 Å². The van der Waals surface area contributed by atoms with Gasteiger partial charge in [0.15, 0.2) is 0 Å². The summed E-state index contributed by atoms with van der Waals surface area (Å²) in [6.07, 6.45) is -4.36. The third-order valence-electron chi connectivity index (χ3n) is 4.22. The number of alkyl halides is 3. The molecule has 2 aromatic rings. The lowest BCUT2D eigenvalue weighted by atomic mass is 9.82. The van der Waals surface area contributed by atoms with Gasteiger partial charge in [0.25, 0.3) is 0 Å². The molecule has 0 nitrogen and oxygen atoms in total. The summed E-state index contributed by atoms with van der Waals surface area (Å²) in [7, 11) is 0. The lowest BCUT2D eigenvalue weighted by Gasteiger charge is -2.25. The number of halogens is 3. The molecule has 0 atom stereocenters. The minimum Gasteiger partial charge on any atom is -0.166 e. The molecule has 0 aromatic heterocycles. The Balaban J connectivity index is 2.53. The van der Waals surface area contributed by atoms with Crippen LogP contribution >= 0.6 is 0 Å². The molecule has 0 unspecified atom stereocenters. The zero-order valence-electron chi connectivity index (χ0n) is 15.2. The van der Waals surface area contributed by atoms with E-state index in [1.807, 2.05) is 24.3 Å². The zero-order valence-corrected chi connectivity index (χ0v) is 15.2. The highest BCUT2D eigenvalue weighted by Crippen LogP contribution is 2.39. The summed E-state index contributed by atoms with van der Waals surface area (Å²) < 4.78 is 40.5. The van der Waals surface area contributed by atoms with Crippen molar-refractivity contribution in [3.05, 3.63) is 59.2 Å². The Hall–Kier alpha value is -1.77. The fourth-order valence-corrected chi connectivity index (χ4v) is 2.78. The van der Waals surface area contributed by atoms with E-state index in [0.29, 0.717) is 11.1 Å². The summed E-state index contributed by atoms with van der Waals surface area (Å²) in [5.41, 5.74) is 1.79. The standard InChI is InChI=1S/C21H25F3/c1-19(2,3)16-10-7-14(8-11-16)15-9-12-17(20(4,5)6)18(13-15)21(22,23)24/h7-13H,1-6H3. The van der Waals surface area contributed by atoms with Crippen LogP contribution in [0.25, 0.3) is 11.1 Å². The van der Waals surface area contributed by atoms with E-state index in [1.165, 1.54) is 6.07 Å². The SMILES string of the molecule is CC(C)(C)c1ccc(-c2ccc(C(C)(C)C)c(C(F)(F)F)c2)cc1. The quantitative estimate of drug-likeness (QED) is 0.528. The van der Waals surface area contributed by atoms with Gasteiger partial charge in [-0.15, -0.1) is 0 Å². The van der Waals surface area contributed by atoms with Crippen LogP contribution in [0.15, 0.2) is 42.5 Å². The predicted molar refractivity (Wildman–Crippen MR) is 94.3 cm³/mol. The van der Waals surface area contributed by atoms with Crippen molar-refractivity contribution in [2.45, 2.75) is 58.5 Å². The predicted octanol–water partition coefficient (Wildman–Crippen LogP) is 6.97. The van der Waals surface area contributed by atoms with Crippen LogP contribution in [0.2, 0.25) is 0 Å². The second kappa shape index (κ2) is 5.94. The molecule has 0 aliphatic heterocycles. The molecule has 24 heavy (non-hydrogen) atoms. The average molecular weight is 334 g/mol. The lowest BCUT2D eigenvalue weighted by Crippen LogP contribution is -2.19. The first-order valence-corrected chi connectivity index (χ1v) is 8.13. The minimum atomic E-state index is -4.36. The third kappa shape index (κ3) is 4.00. The van der Waals surface area contributed by atoms with E-state index in [2.05, 4.69) is 20.8 Å². The van der Waals surface area contributed by atoms with Crippen LogP contribution in [0, 0.1) is 0 Å². The van der Waals surface area contributed by atoms with E-state index < -0.39 is 17.2 Å². The fraction of sp³-hybridized carbons (Fsp3) is 0.429. The summed E-state index contributed by atoms with van der Waals surface area (Å²) in [6.45, 7) is 11.7. The van der Waals surface area contributed by atoms with E-state index >= 15 is 0 Å². The summed E-state index contributed by atoms with van der Waals surface area (Å²) in [5, 5.41) is 0. The Labute approximate surface area is 142 Å². The molecule has 0 fully saturated rings. The topological polar surface area (TPSA) is 0 Å². The van der Waals surface area contributed by atoms with Crippen molar-refractivity contribution in [2.24, 2.45) is 0 Å². The van der Waals surface area contributed by atoms with Gasteiger partial charge in [-0.25, -0.2) is 0 Å². The molecule has 3 heteroatoms. The van der Waals surface area contributed by atoms with Gasteiger partial charge in [0.2, 0.25) is 0 Å². The van der Waals surface area contributed by atoms with Gasteiger partial charge in [-0.2, -0.15) is 13.2 Å². The van der Waals surface area contributed by atoms with Gasteiger partial charge in [-0.3, -0.25) is 0 Å². The first-order valence-electron chi connectivity index (χ1n) is 8.13. The molecule has 2 aromatic carbocycles. The van der Waals surface area contributed by atoms with Crippen molar-refractivity contribution < 1.29 is 13.2 Å². The van der Waals surface area contributed by atoms with E-state index in [-0.39, 0.29) is 5.41 Å². The zero-order chi connectivity index (χ0) is 18.3. The maximum absolute atomic E-state index is 13.5. The van der Waals surface area contributed by atoms with E-state index in [9.17, 15) is 13.2 Å². The second-order valence-corrected chi connectivity index (χ2v) is 8.34. The smallest absolute Gasteiger partial charge is 0.166 e. The molecule has 130 valence electrons. The number of rotatable bonds is 1. The number of benzene rings is 2. The van der Waals surface area contributed by atoms with Gasteiger partial charge >= 0.3 is 6.18 Å². The molecule has 2 rings (SSSR count). The monoisotopic (exact) mass is 334 g/mol. The third-order valence-corrected chi connectivity index (χ3v) is 4.22. The van der Waals surface area contributed by atoms with E-state index in [1.54, 1.807) is 32.9 Å². The van der Waals surface area contributed by atoms with Crippen LogP contribution in [0.3, 0.4) is 0 Å². The highest BCUT2D eigenvalue weighted by molar-refractivity contribution is 5.66.